The Morgan fingerprint density at radius 2 is 1.66 bits per heavy atom. The minimum atomic E-state index is -4.59. The average molecular weight is 517 g/mol. The van der Waals surface area contributed by atoms with Crippen LogP contribution in [0.3, 0.4) is 0 Å². The van der Waals surface area contributed by atoms with Crippen LogP contribution < -0.4 is 21.5 Å². The molecule has 0 aliphatic carbocycles. The van der Waals surface area contributed by atoms with Crippen molar-refractivity contribution < 1.29 is 13.2 Å². The molecule has 4 heterocycles. The van der Waals surface area contributed by atoms with Crippen LogP contribution in [0.25, 0.3) is 38.6 Å². The van der Waals surface area contributed by atoms with Crippen molar-refractivity contribution in [1.82, 2.24) is 19.9 Å². The number of fused-ring (bicyclic) bond motifs is 3. The second kappa shape index (κ2) is 9.14. The van der Waals surface area contributed by atoms with Gasteiger partial charge in [0.2, 0.25) is 0 Å². The predicted molar refractivity (Wildman–Crippen MR) is 143 cm³/mol. The van der Waals surface area contributed by atoms with E-state index >= 15 is 0 Å². The van der Waals surface area contributed by atoms with Gasteiger partial charge in [0.25, 0.3) is 5.56 Å². The topological polar surface area (TPSA) is 89.1 Å². The Hall–Kier alpha value is -4.44. The van der Waals surface area contributed by atoms with Gasteiger partial charge in [-0.05, 0) is 54.1 Å². The van der Waals surface area contributed by atoms with Crippen LogP contribution in [0.1, 0.15) is 5.56 Å². The molecule has 0 spiro atoms. The highest BCUT2D eigenvalue weighted by Crippen LogP contribution is 2.39. The lowest BCUT2D eigenvalue weighted by atomic mass is 10.0. The first-order valence-electron chi connectivity index (χ1n) is 12.1. The molecule has 7 nitrogen and oxygen atoms in total. The van der Waals surface area contributed by atoms with Gasteiger partial charge in [0.15, 0.2) is 0 Å². The zero-order valence-corrected chi connectivity index (χ0v) is 20.2. The standard InChI is InChI=1S/C28H23F3N6O/c29-28(30,31)22-14-20(4-6-24(22)36-11-9-33-10-12-36)37-26(38)8-3-19-16-34-23-5-1-17(13-21(23)27(19)37)18-2-7-25(32)35-15-18/h1-8,13-16,33H,9-12H2,(H2,32,35). The summed E-state index contributed by atoms with van der Waals surface area (Å²) in [4.78, 5) is 23.6. The number of rotatable bonds is 3. The summed E-state index contributed by atoms with van der Waals surface area (Å²) in [6, 6.07) is 16.2. The van der Waals surface area contributed by atoms with Gasteiger partial charge in [-0.25, -0.2) is 4.98 Å². The number of anilines is 2. The maximum absolute atomic E-state index is 14.3. The number of nitrogens with zero attached hydrogens (tertiary/aromatic N) is 4. The molecule has 0 atom stereocenters. The van der Waals surface area contributed by atoms with E-state index in [0.29, 0.717) is 53.8 Å². The number of nitrogens with two attached hydrogens (primary N) is 1. The lowest BCUT2D eigenvalue weighted by Gasteiger charge is -2.32. The molecule has 1 saturated heterocycles. The highest BCUT2D eigenvalue weighted by atomic mass is 19.4. The minimum absolute atomic E-state index is 0.112. The first kappa shape index (κ1) is 23.9. The van der Waals surface area contributed by atoms with Crippen LogP contribution in [-0.4, -0.2) is 40.7 Å². The molecule has 38 heavy (non-hydrogen) atoms. The molecule has 0 amide bonds. The number of pyridine rings is 3. The maximum Gasteiger partial charge on any atom is 0.418 e. The van der Waals surface area contributed by atoms with Crippen molar-refractivity contribution in [1.29, 1.82) is 0 Å². The van der Waals surface area contributed by atoms with E-state index in [2.05, 4.69) is 15.3 Å². The Labute approximate surface area is 215 Å². The van der Waals surface area contributed by atoms with Crippen LogP contribution in [0.15, 0.2) is 77.9 Å². The smallest absolute Gasteiger partial charge is 0.384 e. The molecule has 0 radical (unpaired) electrons. The Kier molecular flexibility index (Phi) is 5.76. The molecular formula is C28H23F3N6O. The van der Waals surface area contributed by atoms with Crippen molar-refractivity contribution in [2.24, 2.45) is 0 Å². The number of halogens is 3. The van der Waals surface area contributed by atoms with Gasteiger partial charge >= 0.3 is 6.18 Å². The lowest BCUT2D eigenvalue weighted by Crippen LogP contribution is -2.44. The molecular weight excluding hydrogens is 493 g/mol. The number of hydrogen-bond acceptors (Lipinski definition) is 6. The molecule has 1 aliphatic heterocycles. The lowest BCUT2D eigenvalue weighted by molar-refractivity contribution is -0.137. The molecule has 1 fully saturated rings. The van der Waals surface area contributed by atoms with Gasteiger partial charge in [0, 0.05) is 66.7 Å². The van der Waals surface area contributed by atoms with Crippen LogP contribution >= 0.6 is 0 Å². The molecule has 2 aromatic carbocycles. The molecule has 192 valence electrons. The molecule has 0 bridgehead atoms. The number of nitrogens with one attached hydrogen (secondary N) is 1. The van der Waals surface area contributed by atoms with Gasteiger partial charge in [-0.15, -0.1) is 0 Å². The van der Waals surface area contributed by atoms with Gasteiger partial charge in [-0.1, -0.05) is 6.07 Å². The summed E-state index contributed by atoms with van der Waals surface area (Å²) in [5, 5.41) is 4.42. The molecule has 0 saturated carbocycles. The van der Waals surface area contributed by atoms with Crippen molar-refractivity contribution in [3.8, 4) is 16.8 Å². The van der Waals surface area contributed by atoms with Crippen LogP contribution in [0, 0.1) is 0 Å². The zero-order chi connectivity index (χ0) is 26.4. The monoisotopic (exact) mass is 516 g/mol. The van der Waals surface area contributed by atoms with E-state index in [4.69, 9.17) is 5.73 Å². The quantitative estimate of drug-likeness (QED) is 0.341. The molecule has 6 rings (SSSR count). The third kappa shape index (κ3) is 4.22. The molecule has 1 aliphatic rings. The van der Waals surface area contributed by atoms with Crippen molar-refractivity contribution >= 4 is 33.3 Å². The van der Waals surface area contributed by atoms with E-state index in [-0.39, 0.29) is 11.4 Å². The fourth-order valence-electron chi connectivity index (χ4n) is 4.99. The van der Waals surface area contributed by atoms with Gasteiger partial charge in [-0.3, -0.25) is 14.3 Å². The average Bonchev–Trinajstić information content (AvgIpc) is 2.93. The second-order valence-electron chi connectivity index (χ2n) is 9.21. The third-order valence-electron chi connectivity index (χ3n) is 6.84. The van der Waals surface area contributed by atoms with Crippen LogP contribution in [0.4, 0.5) is 24.7 Å². The van der Waals surface area contributed by atoms with E-state index in [0.717, 1.165) is 17.2 Å². The van der Waals surface area contributed by atoms with E-state index < -0.39 is 17.3 Å². The molecule has 3 aromatic heterocycles. The first-order chi connectivity index (χ1) is 18.3. The maximum atomic E-state index is 14.3. The van der Waals surface area contributed by atoms with Crippen LogP contribution in [0.5, 0.6) is 0 Å². The zero-order valence-electron chi connectivity index (χ0n) is 20.2. The van der Waals surface area contributed by atoms with E-state index in [1.165, 1.54) is 16.7 Å². The van der Waals surface area contributed by atoms with Crippen LogP contribution in [0.2, 0.25) is 0 Å². The van der Waals surface area contributed by atoms with Crippen molar-refractivity contribution in [2.75, 3.05) is 36.8 Å². The Morgan fingerprint density at radius 3 is 2.39 bits per heavy atom. The minimum Gasteiger partial charge on any atom is -0.384 e. The summed E-state index contributed by atoms with van der Waals surface area (Å²) in [6.45, 7) is 2.14. The van der Waals surface area contributed by atoms with E-state index in [9.17, 15) is 18.0 Å². The highest BCUT2D eigenvalue weighted by Gasteiger charge is 2.36. The summed E-state index contributed by atoms with van der Waals surface area (Å²) in [5.74, 6) is 0.389. The number of alkyl halides is 3. The number of aromatic nitrogens is 3. The van der Waals surface area contributed by atoms with Gasteiger partial charge in [-0.2, -0.15) is 13.2 Å². The van der Waals surface area contributed by atoms with Crippen LogP contribution in [-0.2, 0) is 6.18 Å². The summed E-state index contributed by atoms with van der Waals surface area (Å²) in [7, 11) is 0. The molecule has 5 aromatic rings. The Bertz CT molecular complexity index is 1720. The number of piperazine rings is 1. The molecule has 3 N–H and O–H groups in total. The van der Waals surface area contributed by atoms with Crippen molar-refractivity contribution in [3.63, 3.8) is 0 Å². The van der Waals surface area contributed by atoms with Crippen molar-refractivity contribution in [3.05, 3.63) is 89.0 Å². The van der Waals surface area contributed by atoms with Crippen molar-refractivity contribution in [2.45, 2.75) is 6.18 Å². The third-order valence-corrected chi connectivity index (χ3v) is 6.84. The first-order valence-corrected chi connectivity index (χ1v) is 12.1. The Balaban J connectivity index is 1.60. The molecule has 0 unspecified atom stereocenters. The second-order valence-corrected chi connectivity index (χ2v) is 9.21. The van der Waals surface area contributed by atoms with E-state index in [1.807, 2.05) is 24.3 Å². The predicted octanol–water partition coefficient (Wildman–Crippen LogP) is 4.61. The summed E-state index contributed by atoms with van der Waals surface area (Å²) >= 11 is 0. The SMILES string of the molecule is Nc1ccc(-c2ccc3ncc4ccc(=O)n(-c5ccc(N6CCNCC6)c(C(F)(F)F)c5)c4c3c2)cn1. The highest BCUT2D eigenvalue weighted by molar-refractivity contribution is 6.05. The normalized spacial score (nSPS) is 14.3. The van der Waals surface area contributed by atoms with Gasteiger partial charge in [0.1, 0.15) is 5.82 Å². The summed E-state index contributed by atoms with van der Waals surface area (Å²) in [6.07, 6.45) is -1.33. The van der Waals surface area contributed by atoms with Gasteiger partial charge < -0.3 is 16.0 Å². The summed E-state index contributed by atoms with van der Waals surface area (Å²) in [5.41, 5.74) is 7.48. The molecule has 10 heteroatoms. The largest absolute Gasteiger partial charge is 0.418 e. The van der Waals surface area contributed by atoms with Gasteiger partial charge in [0.05, 0.1) is 22.3 Å². The number of nitrogen functional groups attached to an aromatic ring is 1. The fourth-order valence-corrected chi connectivity index (χ4v) is 4.99. The Morgan fingerprint density at radius 1 is 0.868 bits per heavy atom. The van der Waals surface area contributed by atoms with E-state index in [1.54, 1.807) is 35.5 Å². The number of hydrogen-bond donors (Lipinski definition) is 2. The fraction of sp³-hybridized carbons (Fsp3) is 0.179. The summed E-state index contributed by atoms with van der Waals surface area (Å²) < 4.78 is 44.2. The number of benzene rings is 2.